The SMILES string of the molecule is CC(C(=O)NS(=O)(=O)C1CCC1)N(C)CC(F)(F)F. The first-order valence-electron chi connectivity index (χ1n) is 5.85. The highest BCUT2D eigenvalue weighted by Crippen LogP contribution is 2.25. The second-order valence-corrected chi connectivity index (χ2v) is 6.73. The minimum atomic E-state index is -4.43. The number of halogens is 3. The number of amides is 1. The molecule has 1 aliphatic rings. The topological polar surface area (TPSA) is 66.5 Å². The minimum absolute atomic E-state index is 0.482. The highest BCUT2D eigenvalue weighted by Gasteiger charge is 2.36. The van der Waals surface area contributed by atoms with E-state index in [0.717, 1.165) is 18.4 Å². The van der Waals surface area contributed by atoms with Crippen LogP contribution in [0.3, 0.4) is 0 Å². The standard InChI is InChI=1S/C10H17F3N2O3S/c1-7(15(2)6-10(11,12)13)9(16)14-19(17,18)8-4-3-5-8/h7-8H,3-6H2,1-2H3,(H,14,16). The molecular formula is C10H17F3N2O3S. The Bertz CT molecular complexity index is 432. The average molecular weight is 302 g/mol. The smallest absolute Gasteiger partial charge is 0.287 e. The molecule has 0 aromatic carbocycles. The lowest BCUT2D eigenvalue weighted by Gasteiger charge is -2.28. The van der Waals surface area contributed by atoms with Crippen LogP contribution in [-0.4, -0.2) is 50.3 Å². The van der Waals surface area contributed by atoms with Crippen LogP contribution in [0.5, 0.6) is 0 Å². The molecule has 0 saturated heterocycles. The number of carbonyl (C=O) groups is 1. The number of hydrogen-bond donors (Lipinski definition) is 1. The first-order chi connectivity index (χ1) is 8.53. The zero-order valence-electron chi connectivity index (χ0n) is 10.7. The quantitative estimate of drug-likeness (QED) is 0.818. The third-order valence-electron chi connectivity index (χ3n) is 3.20. The summed E-state index contributed by atoms with van der Waals surface area (Å²) in [5.41, 5.74) is 0. The van der Waals surface area contributed by atoms with Gasteiger partial charge in [0, 0.05) is 0 Å². The van der Waals surface area contributed by atoms with E-state index >= 15 is 0 Å². The van der Waals surface area contributed by atoms with Crippen LogP contribution in [0.25, 0.3) is 0 Å². The molecule has 5 nitrogen and oxygen atoms in total. The van der Waals surface area contributed by atoms with Gasteiger partial charge in [0.25, 0.3) is 0 Å². The van der Waals surface area contributed by atoms with Gasteiger partial charge in [0.2, 0.25) is 15.9 Å². The molecule has 1 rings (SSSR count). The van der Waals surface area contributed by atoms with Gasteiger partial charge in [-0.05, 0) is 26.8 Å². The van der Waals surface area contributed by atoms with Gasteiger partial charge in [0.05, 0.1) is 17.8 Å². The normalized spacial score (nSPS) is 19.1. The fourth-order valence-corrected chi connectivity index (χ4v) is 3.18. The summed E-state index contributed by atoms with van der Waals surface area (Å²) in [5.74, 6) is -0.932. The Labute approximate surface area is 110 Å². The number of sulfonamides is 1. The lowest BCUT2D eigenvalue weighted by Crippen LogP contribution is -2.50. The Kier molecular flexibility index (Phi) is 4.83. The van der Waals surface area contributed by atoms with E-state index in [-0.39, 0.29) is 0 Å². The molecule has 0 spiro atoms. The van der Waals surface area contributed by atoms with E-state index < -0.39 is 39.9 Å². The molecule has 1 unspecified atom stereocenters. The number of carbonyl (C=O) groups excluding carboxylic acids is 1. The molecule has 19 heavy (non-hydrogen) atoms. The van der Waals surface area contributed by atoms with E-state index in [0.29, 0.717) is 12.8 Å². The van der Waals surface area contributed by atoms with Crippen LogP contribution in [0.2, 0.25) is 0 Å². The molecule has 112 valence electrons. The van der Waals surface area contributed by atoms with E-state index in [1.807, 2.05) is 4.72 Å². The largest absolute Gasteiger partial charge is 0.401 e. The van der Waals surface area contributed by atoms with Crippen LogP contribution >= 0.6 is 0 Å². The van der Waals surface area contributed by atoms with Crippen LogP contribution in [0, 0.1) is 0 Å². The summed E-state index contributed by atoms with van der Waals surface area (Å²) < 4.78 is 61.7. The Balaban J connectivity index is 2.57. The van der Waals surface area contributed by atoms with Crippen LogP contribution < -0.4 is 4.72 Å². The summed E-state index contributed by atoms with van der Waals surface area (Å²) in [5, 5.41) is -0.600. The fraction of sp³-hybridized carbons (Fsp3) is 0.900. The Morgan fingerprint density at radius 3 is 2.32 bits per heavy atom. The van der Waals surface area contributed by atoms with Gasteiger partial charge in [0.1, 0.15) is 0 Å². The summed E-state index contributed by atoms with van der Waals surface area (Å²) in [6.45, 7) is -0.0393. The maximum absolute atomic E-state index is 12.2. The molecule has 0 radical (unpaired) electrons. The lowest BCUT2D eigenvalue weighted by molar-refractivity contribution is -0.150. The maximum Gasteiger partial charge on any atom is 0.401 e. The molecular weight excluding hydrogens is 285 g/mol. The van der Waals surface area contributed by atoms with Gasteiger partial charge in [-0.3, -0.25) is 14.4 Å². The second-order valence-electron chi connectivity index (χ2n) is 4.77. The van der Waals surface area contributed by atoms with Crippen LogP contribution in [0.4, 0.5) is 13.2 Å². The van der Waals surface area contributed by atoms with Crippen LogP contribution in [0.1, 0.15) is 26.2 Å². The molecule has 0 bridgehead atoms. The van der Waals surface area contributed by atoms with Crippen molar-refractivity contribution in [2.24, 2.45) is 0 Å². The molecule has 1 aliphatic carbocycles. The third-order valence-corrected chi connectivity index (χ3v) is 5.04. The zero-order valence-corrected chi connectivity index (χ0v) is 11.5. The molecule has 1 amide bonds. The van der Waals surface area contributed by atoms with Crippen LogP contribution in [0.15, 0.2) is 0 Å². The Morgan fingerprint density at radius 1 is 1.42 bits per heavy atom. The van der Waals surface area contributed by atoms with Crippen molar-refractivity contribution in [2.45, 2.75) is 43.7 Å². The van der Waals surface area contributed by atoms with Crippen LogP contribution in [-0.2, 0) is 14.8 Å². The van der Waals surface area contributed by atoms with Crippen molar-refractivity contribution in [1.82, 2.24) is 9.62 Å². The van der Waals surface area contributed by atoms with Crippen molar-refractivity contribution in [3.05, 3.63) is 0 Å². The molecule has 1 saturated carbocycles. The highest BCUT2D eigenvalue weighted by atomic mass is 32.2. The number of nitrogens with zero attached hydrogens (tertiary/aromatic N) is 1. The number of alkyl halides is 3. The van der Waals surface area contributed by atoms with Gasteiger partial charge in [-0.25, -0.2) is 8.42 Å². The van der Waals surface area contributed by atoms with Crippen molar-refractivity contribution >= 4 is 15.9 Å². The second kappa shape index (κ2) is 5.66. The first-order valence-corrected chi connectivity index (χ1v) is 7.40. The van der Waals surface area contributed by atoms with Gasteiger partial charge in [0.15, 0.2) is 0 Å². The molecule has 1 atom stereocenters. The van der Waals surface area contributed by atoms with Gasteiger partial charge in [-0.1, -0.05) is 6.42 Å². The molecule has 1 fully saturated rings. The molecule has 9 heteroatoms. The van der Waals surface area contributed by atoms with Crippen molar-refractivity contribution < 1.29 is 26.4 Å². The van der Waals surface area contributed by atoms with E-state index in [1.165, 1.54) is 6.92 Å². The van der Waals surface area contributed by atoms with Gasteiger partial charge >= 0.3 is 6.18 Å². The minimum Gasteiger partial charge on any atom is -0.287 e. The summed E-state index contributed by atoms with van der Waals surface area (Å²) >= 11 is 0. The summed E-state index contributed by atoms with van der Waals surface area (Å²) in [6.07, 6.45) is -2.69. The molecule has 0 heterocycles. The fourth-order valence-electron chi connectivity index (χ4n) is 1.61. The molecule has 0 aliphatic heterocycles. The number of hydrogen-bond acceptors (Lipinski definition) is 4. The van der Waals surface area contributed by atoms with Crippen molar-refractivity contribution in [1.29, 1.82) is 0 Å². The third kappa shape index (κ3) is 4.64. The first kappa shape index (κ1) is 16.2. The van der Waals surface area contributed by atoms with Crippen molar-refractivity contribution in [3.8, 4) is 0 Å². The van der Waals surface area contributed by atoms with E-state index in [1.54, 1.807) is 0 Å². The maximum atomic E-state index is 12.2. The van der Waals surface area contributed by atoms with Crippen molar-refractivity contribution in [2.75, 3.05) is 13.6 Å². The average Bonchev–Trinajstić information content (AvgIpc) is 2.08. The number of nitrogens with one attached hydrogen (secondary N) is 1. The Morgan fingerprint density at radius 2 is 1.95 bits per heavy atom. The Hall–Kier alpha value is -0.830. The van der Waals surface area contributed by atoms with E-state index in [2.05, 4.69) is 0 Å². The van der Waals surface area contributed by atoms with Crippen molar-refractivity contribution in [3.63, 3.8) is 0 Å². The summed E-state index contributed by atoms with van der Waals surface area (Å²) in [4.78, 5) is 12.4. The van der Waals surface area contributed by atoms with E-state index in [4.69, 9.17) is 0 Å². The van der Waals surface area contributed by atoms with Gasteiger partial charge < -0.3 is 0 Å². The highest BCUT2D eigenvalue weighted by molar-refractivity contribution is 7.90. The summed E-state index contributed by atoms with van der Waals surface area (Å²) in [7, 11) is -2.63. The van der Waals surface area contributed by atoms with E-state index in [9.17, 15) is 26.4 Å². The zero-order chi connectivity index (χ0) is 14.8. The predicted octanol–water partition coefficient (Wildman–Crippen LogP) is 0.868. The number of rotatable bonds is 5. The summed E-state index contributed by atoms with van der Waals surface area (Å²) in [6, 6.07) is -1.17. The molecule has 0 aromatic rings. The lowest BCUT2D eigenvalue weighted by atomic mass is 10.0. The van der Waals surface area contributed by atoms with Gasteiger partial charge in [-0.2, -0.15) is 13.2 Å². The monoisotopic (exact) mass is 302 g/mol. The van der Waals surface area contributed by atoms with Gasteiger partial charge in [-0.15, -0.1) is 0 Å². The number of likely N-dealkylation sites (N-methyl/N-ethyl adjacent to an activating group) is 1. The molecule has 1 N–H and O–H groups in total. The molecule has 0 aromatic heterocycles. The predicted molar refractivity (Wildman–Crippen MR) is 62.8 cm³/mol.